The van der Waals surface area contributed by atoms with E-state index in [1.54, 1.807) is 0 Å². The van der Waals surface area contributed by atoms with E-state index < -0.39 is 5.60 Å². The summed E-state index contributed by atoms with van der Waals surface area (Å²) in [4.78, 5) is 10.9. The number of amides is 1. The Kier molecular flexibility index (Phi) is 6.73. The normalized spacial score (nSPS) is 14.6. The van der Waals surface area contributed by atoms with Crippen molar-refractivity contribution in [3.05, 3.63) is 71.3 Å². The molecule has 0 radical (unpaired) electrons. The first-order chi connectivity index (χ1) is 11.9. The second kappa shape index (κ2) is 8.79. The quantitative estimate of drug-likeness (QED) is 0.692. The Morgan fingerprint density at radius 2 is 1.76 bits per heavy atom. The van der Waals surface area contributed by atoms with Gasteiger partial charge in [0.2, 0.25) is 5.91 Å². The minimum atomic E-state index is -0.909. The van der Waals surface area contributed by atoms with E-state index in [1.165, 1.54) is 18.1 Å². The van der Waals surface area contributed by atoms with E-state index in [-0.39, 0.29) is 11.9 Å². The predicted molar refractivity (Wildman–Crippen MR) is 101 cm³/mol. The van der Waals surface area contributed by atoms with Crippen molar-refractivity contribution < 1.29 is 9.90 Å². The molecule has 2 atom stereocenters. The largest absolute Gasteiger partial charge is 0.384 e. The van der Waals surface area contributed by atoms with Crippen LogP contribution in [0, 0.1) is 0 Å². The van der Waals surface area contributed by atoms with Gasteiger partial charge in [-0.1, -0.05) is 54.6 Å². The zero-order valence-corrected chi connectivity index (χ0v) is 15.3. The average Bonchev–Trinajstić information content (AvgIpc) is 2.61. The van der Waals surface area contributed by atoms with Gasteiger partial charge in [-0.2, -0.15) is 0 Å². The molecule has 2 aromatic carbocycles. The highest BCUT2D eigenvalue weighted by molar-refractivity contribution is 5.72. The fourth-order valence-corrected chi connectivity index (χ4v) is 2.72. The van der Waals surface area contributed by atoms with Crippen molar-refractivity contribution >= 4 is 5.91 Å². The molecular weight excluding hydrogens is 312 g/mol. The van der Waals surface area contributed by atoms with Crippen molar-refractivity contribution in [1.82, 2.24) is 10.6 Å². The van der Waals surface area contributed by atoms with Gasteiger partial charge in [-0.15, -0.1) is 0 Å². The van der Waals surface area contributed by atoms with Crippen molar-refractivity contribution in [2.75, 3.05) is 13.1 Å². The molecule has 3 N–H and O–H groups in total. The summed E-state index contributed by atoms with van der Waals surface area (Å²) >= 11 is 0. The van der Waals surface area contributed by atoms with Crippen molar-refractivity contribution in [3.63, 3.8) is 0 Å². The number of aliphatic hydroxyl groups is 1. The van der Waals surface area contributed by atoms with Gasteiger partial charge in [-0.25, -0.2) is 0 Å². The van der Waals surface area contributed by atoms with E-state index >= 15 is 0 Å². The molecule has 134 valence electrons. The Labute approximate surface area is 150 Å². The third-order valence-corrected chi connectivity index (χ3v) is 4.42. The molecule has 25 heavy (non-hydrogen) atoms. The van der Waals surface area contributed by atoms with Crippen LogP contribution in [-0.2, 0) is 16.8 Å². The lowest BCUT2D eigenvalue weighted by Crippen LogP contribution is -2.36. The topological polar surface area (TPSA) is 61.4 Å². The summed E-state index contributed by atoms with van der Waals surface area (Å²) in [5.41, 5.74) is 2.37. The minimum absolute atomic E-state index is 0.0000824. The Bertz CT molecular complexity index is 666. The maximum atomic E-state index is 10.9. The fourth-order valence-electron chi connectivity index (χ4n) is 2.72. The molecule has 0 aliphatic heterocycles. The van der Waals surface area contributed by atoms with Crippen LogP contribution in [-0.4, -0.2) is 24.1 Å². The molecule has 0 heterocycles. The maximum Gasteiger partial charge on any atom is 0.216 e. The monoisotopic (exact) mass is 340 g/mol. The summed E-state index contributed by atoms with van der Waals surface area (Å²) in [6.45, 7) is 6.58. The number of carbonyl (C=O) groups is 1. The van der Waals surface area contributed by atoms with Gasteiger partial charge in [0.1, 0.15) is 0 Å². The number of benzene rings is 2. The van der Waals surface area contributed by atoms with Crippen LogP contribution in [0.1, 0.15) is 43.5 Å². The van der Waals surface area contributed by atoms with E-state index in [4.69, 9.17) is 0 Å². The molecule has 0 aliphatic carbocycles. The SMILES string of the molecule is CC(=O)NCCc1ccc(C(C)NCC(C)(O)c2ccccc2)cc1. The molecule has 0 aromatic heterocycles. The van der Waals surface area contributed by atoms with E-state index in [2.05, 4.69) is 41.8 Å². The van der Waals surface area contributed by atoms with Crippen LogP contribution in [0.15, 0.2) is 54.6 Å². The first-order valence-corrected chi connectivity index (χ1v) is 8.73. The first kappa shape index (κ1) is 19.2. The standard InChI is InChI=1S/C21H28N2O2/c1-16(23-15-21(3,25)20-7-5-4-6-8-20)19-11-9-18(10-12-19)13-14-22-17(2)24/h4-12,16,23,25H,13-15H2,1-3H3,(H,22,24). The molecule has 2 rings (SSSR count). The van der Waals surface area contributed by atoms with E-state index in [9.17, 15) is 9.90 Å². The molecule has 0 saturated carbocycles. The number of hydrogen-bond donors (Lipinski definition) is 3. The summed E-state index contributed by atoms with van der Waals surface area (Å²) in [6.07, 6.45) is 0.824. The summed E-state index contributed by atoms with van der Waals surface area (Å²) in [6, 6.07) is 18.2. The van der Waals surface area contributed by atoms with Crippen LogP contribution < -0.4 is 10.6 Å². The highest BCUT2D eigenvalue weighted by Crippen LogP contribution is 2.21. The maximum absolute atomic E-state index is 10.9. The summed E-state index contributed by atoms with van der Waals surface area (Å²) in [7, 11) is 0. The lowest BCUT2D eigenvalue weighted by Gasteiger charge is -2.26. The van der Waals surface area contributed by atoms with Crippen molar-refractivity contribution in [2.45, 2.75) is 38.8 Å². The van der Waals surface area contributed by atoms with Crippen molar-refractivity contribution in [2.24, 2.45) is 0 Å². The third kappa shape index (κ3) is 6.00. The zero-order valence-electron chi connectivity index (χ0n) is 15.3. The molecule has 0 bridgehead atoms. The second-order valence-electron chi connectivity index (χ2n) is 6.72. The first-order valence-electron chi connectivity index (χ1n) is 8.73. The molecule has 1 amide bonds. The van der Waals surface area contributed by atoms with E-state index in [1.807, 2.05) is 37.3 Å². The van der Waals surface area contributed by atoms with Gasteiger partial charge in [0.25, 0.3) is 0 Å². The summed E-state index contributed by atoms with van der Waals surface area (Å²) < 4.78 is 0. The van der Waals surface area contributed by atoms with Crippen molar-refractivity contribution in [3.8, 4) is 0 Å². The molecular formula is C21H28N2O2. The van der Waals surface area contributed by atoms with Gasteiger partial charge in [0.05, 0.1) is 5.60 Å². The van der Waals surface area contributed by atoms with E-state index in [0.717, 1.165) is 12.0 Å². The van der Waals surface area contributed by atoms with Crippen LogP contribution in [0.5, 0.6) is 0 Å². The molecule has 4 nitrogen and oxygen atoms in total. The Balaban J connectivity index is 1.88. The Morgan fingerprint density at radius 1 is 1.12 bits per heavy atom. The lowest BCUT2D eigenvalue weighted by molar-refractivity contribution is -0.118. The van der Waals surface area contributed by atoms with Gasteiger partial charge in [0.15, 0.2) is 0 Å². The van der Waals surface area contributed by atoms with Gasteiger partial charge < -0.3 is 15.7 Å². The number of nitrogens with one attached hydrogen (secondary N) is 2. The molecule has 0 aliphatic rings. The van der Waals surface area contributed by atoms with Crippen LogP contribution >= 0.6 is 0 Å². The van der Waals surface area contributed by atoms with Crippen LogP contribution in [0.4, 0.5) is 0 Å². The van der Waals surface area contributed by atoms with E-state index in [0.29, 0.717) is 13.1 Å². The molecule has 0 saturated heterocycles. The zero-order chi connectivity index (χ0) is 18.3. The fraction of sp³-hybridized carbons (Fsp3) is 0.381. The molecule has 2 aromatic rings. The summed E-state index contributed by atoms with van der Waals surface area (Å²) in [5.74, 6) is -0.0000824. The number of rotatable bonds is 8. The summed E-state index contributed by atoms with van der Waals surface area (Å²) in [5, 5.41) is 16.9. The Morgan fingerprint density at radius 3 is 2.36 bits per heavy atom. The molecule has 4 heteroatoms. The smallest absolute Gasteiger partial charge is 0.216 e. The van der Waals surface area contributed by atoms with Gasteiger partial charge in [-0.05, 0) is 37.0 Å². The van der Waals surface area contributed by atoms with Gasteiger partial charge >= 0.3 is 0 Å². The van der Waals surface area contributed by atoms with Crippen LogP contribution in [0.25, 0.3) is 0 Å². The number of carbonyl (C=O) groups excluding carboxylic acids is 1. The van der Waals surface area contributed by atoms with Gasteiger partial charge in [-0.3, -0.25) is 4.79 Å². The highest BCUT2D eigenvalue weighted by atomic mass is 16.3. The number of hydrogen-bond acceptors (Lipinski definition) is 3. The molecule has 2 unspecified atom stereocenters. The lowest BCUT2D eigenvalue weighted by atomic mass is 9.95. The molecule has 0 spiro atoms. The predicted octanol–water partition coefficient (Wildman–Crippen LogP) is 2.92. The van der Waals surface area contributed by atoms with Crippen molar-refractivity contribution in [1.29, 1.82) is 0 Å². The molecule has 0 fully saturated rings. The Hall–Kier alpha value is -2.17. The van der Waals surface area contributed by atoms with Gasteiger partial charge in [0, 0.05) is 26.1 Å². The second-order valence-corrected chi connectivity index (χ2v) is 6.72. The minimum Gasteiger partial charge on any atom is -0.384 e. The highest BCUT2D eigenvalue weighted by Gasteiger charge is 2.23. The third-order valence-electron chi connectivity index (χ3n) is 4.42. The van der Waals surface area contributed by atoms with Crippen LogP contribution in [0.2, 0.25) is 0 Å². The average molecular weight is 340 g/mol. The van der Waals surface area contributed by atoms with Crippen LogP contribution in [0.3, 0.4) is 0 Å².